The van der Waals surface area contributed by atoms with E-state index in [0.717, 1.165) is 36.6 Å². The summed E-state index contributed by atoms with van der Waals surface area (Å²) in [6.07, 6.45) is 9.44. The third kappa shape index (κ3) is 2.98. The highest BCUT2D eigenvalue weighted by atomic mass is 19.1. The first-order chi connectivity index (χ1) is 12.4. The number of aryl methyl sites for hydroxylation is 1. The van der Waals surface area contributed by atoms with Crippen molar-refractivity contribution < 1.29 is 14.3 Å². The summed E-state index contributed by atoms with van der Waals surface area (Å²) < 4.78 is 16.1. The van der Waals surface area contributed by atoms with Crippen molar-refractivity contribution in [2.45, 2.75) is 46.0 Å². The number of carboxylic acids is 1. The fourth-order valence-electron chi connectivity index (χ4n) is 3.52. The highest BCUT2D eigenvalue weighted by Gasteiger charge is 2.30. The average Bonchev–Trinajstić information content (AvgIpc) is 3.40. The molecule has 1 N–H and O–H groups in total. The average molecular weight is 355 g/mol. The number of carboxylic acid groups (broad SMARTS) is 1. The van der Waals surface area contributed by atoms with Crippen LogP contribution in [0.4, 0.5) is 4.39 Å². The van der Waals surface area contributed by atoms with E-state index in [1.54, 1.807) is 6.92 Å². The van der Waals surface area contributed by atoms with Gasteiger partial charge in [0.15, 0.2) is 0 Å². The predicted molar refractivity (Wildman–Crippen MR) is 100 cm³/mol. The fourth-order valence-corrected chi connectivity index (χ4v) is 3.52. The second-order valence-corrected chi connectivity index (χ2v) is 6.66. The van der Waals surface area contributed by atoms with Crippen LogP contribution in [0.1, 0.15) is 66.1 Å². The number of hydrogen-bond acceptors (Lipinski definition) is 2. The molecule has 2 heterocycles. The molecular formula is C21H22FNO3. The molecule has 1 saturated carbocycles. The molecule has 0 unspecified atom stereocenters. The first-order valence-corrected chi connectivity index (χ1v) is 8.85. The van der Waals surface area contributed by atoms with E-state index in [1.165, 1.54) is 10.5 Å². The first kappa shape index (κ1) is 18.1. The van der Waals surface area contributed by atoms with Gasteiger partial charge in [0, 0.05) is 11.8 Å². The molecule has 4 nitrogen and oxygen atoms in total. The molecule has 1 aliphatic rings. The summed E-state index contributed by atoms with van der Waals surface area (Å²) in [4.78, 5) is 24.0. The Hall–Kier alpha value is -2.69. The Bertz CT molecular complexity index is 1010. The number of nitrogens with zero attached hydrogens (tertiary/aromatic N) is 1. The highest BCUT2D eigenvalue weighted by molar-refractivity contribution is 5.89. The molecular weight excluding hydrogens is 333 g/mol. The lowest BCUT2D eigenvalue weighted by atomic mass is 9.95. The molecule has 3 rings (SSSR count). The standard InChI is InChI=1S/C21H22FNO3/c1-4-6-14(7-5-2)18-12(3)19-15(13-8-9-13)10-16(21(25)26)20(24)23(19)11-17(18)22/h4,6-7,10-11,13H,5,8-9H2,1-3H3,(H,25,26)/b6-4-,14-7+. The van der Waals surface area contributed by atoms with Crippen molar-refractivity contribution >= 4 is 17.1 Å². The molecule has 2 aromatic heterocycles. The van der Waals surface area contributed by atoms with E-state index in [2.05, 4.69) is 0 Å². The van der Waals surface area contributed by atoms with E-state index in [0.29, 0.717) is 16.6 Å². The van der Waals surface area contributed by atoms with Crippen molar-refractivity contribution in [2.24, 2.45) is 0 Å². The smallest absolute Gasteiger partial charge is 0.341 e. The number of hydrogen-bond donors (Lipinski definition) is 1. The fraction of sp³-hybridized carbons (Fsp3) is 0.333. The Balaban J connectivity index is 2.44. The van der Waals surface area contributed by atoms with Gasteiger partial charge in [-0.25, -0.2) is 9.18 Å². The van der Waals surface area contributed by atoms with Crippen LogP contribution in [-0.4, -0.2) is 15.5 Å². The van der Waals surface area contributed by atoms with Crippen LogP contribution in [-0.2, 0) is 0 Å². The minimum Gasteiger partial charge on any atom is -0.477 e. The van der Waals surface area contributed by atoms with Gasteiger partial charge in [-0.15, -0.1) is 0 Å². The number of pyridine rings is 2. The minimum absolute atomic E-state index is 0.223. The van der Waals surface area contributed by atoms with Crippen molar-refractivity contribution in [1.82, 2.24) is 4.40 Å². The van der Waals surface area contributed by atoms with Crippen LogP contribution in [0.3, 0.4) is 0 Å². The molecule has 5 heteroatoms. The zero-order valence-corrected chi connectivity index (χ0v) is 15.2. The van der Waals surface area contributed by atoms with Gasteiger partial charge in [-0.3, -0.25) is 9.20 Å². The van der Waals surface area contributed by atoms with Gasteiger partial charge in [0.25, 0.3) is 5.56 Å². The number of aromatic carboxylic acids is 1. The Kier molecular flexibility index (Phi) is 4.81. The molecule has 0 radical (unpaired) electrons. The van der Waals surface area contributed by atoms with Crippen molar-refractivity contribution in [2.75, 3.05) is 0 Å². The quantitative estimate of drug-likeness (QED) is 0.792. The lowest BCUT2D eigenvalue weighted by Gasteiger charge is -2.17. The van der Waals surface area contributed by atoms with Crippen LogP contribution in [0.2, 0.25) is 0 Å². The molecule has 26 heavy (non-hydrogen) atoms. The second kappa shape index (κ2) is 6.90. The molecule has 136 valence electrons. The number of carbonyl (C=O) groups is 1. The van der Waals surface area contributed by atoms with Gasteiger partial charge in [0.1, 0.15) is 11.4 Å². The Morgan fingerprint density at radius 2 is 2.12 bits per heavy atom. The lowest BCUT2D eigenvalue weighted by Crippen LogP contribution is -2.24. The topological polar surface area (TPSA) is 58.8 Å². The van der Waals surface area contributed by atoms with Crippen molar-refractivity contribution in [3.63, 3.8) is 0 Å². The van der Waals surface area contributed by atoms with Crippen LogP contribution >= 0.6 is 0 Å². The number of rotatable bonds is 5. The van der Waals surface area contributed by atoms with E-state index >= 15 is 0 Å². The van der Waals surface area contributed by atoms with E-state index in [4.69, 9.17) is 0 Å². The Morgan fingerprint density at radius 3 is 2.65 bits per heavy atom. The predicted octanol–water partition coefficient (Wildman–Crippen LogP) is 4.69. The molecule has 1 aliphatic carbocycles. The first-order valence-electron chi connectivity index (χ1n) is 8.85. The molecule has 0 aliphatic heterocycles. The van der Waals surface area contributed by atoms with E-state index in [1.807, 2.05) is 32.1 Å². The van der Waals surface area contributed by atoms with Crippen LogP contribution in [0, 0.1) is 12.7 Å². The van der Waals surface area contributed by atoms with Crippen molar-refractivity contribution in [3.05, 3.63) is 68.9 Å². The van der Waals surface area contributed by atoms with Crippen LogP contribution < -0.4 is 5.56 Å². The summed E-state index contributed by atoms with van der Waals surface area (Å²) >= 11 is 0. The van der Waals surface area contributed by atoms with Crippen LogP contribution in [0.25, 0.3) is 11.1 Å². The molecule has 0 spiro atoms. The zero-order valence-electron chi connectivity index (χ0n) is 15.2. The van der Waals surface area contributed by atoms with Gasteiger partial charge in [-0.2, -0.15) is 0 Å². The maximum absolute atomic E-state index is 15.0. The summed E-state index contributed by atoms with van der Waals surface area (Å²) in [5.74, 6) is -1.59. The highest BCUT2D eigenvalue weighted by Crippen LogP contribution is 2.43. The minimum atomic E-state index is -1.28. The molecule has 2 aromatic rings. The molecule has 0 atom stereocenters. The maximum Gasteiger partial charge on any atom is 0.341 e. The van der Waals surface area contributed by atoms with E-state index in [-0.39, 0.29) is 11.5 Å². The third-order valence-corrected chi connectivity index (χ3v) is 4.78. The largest absolute Gasteiger partial charge is 0.477 e. The number of allylic oxidation sites excluding steroid dienone is 4. The van der Waals surface area contributed by atoms with Gasteiger partial charge in [0.05, 0.1) is 5.52 Å². The number of fused-ring (bicyclic) bond motifs is 1. The van der Waals surface area contributed by atoms with Gasteiger partial charge in [-0.1, -0.05) is 25.2 Å². The van der Waals surface area contributed by atoms with Gasteiger partial charge in [0.2, 0.25) is 0 Å². The summed E-state index contributed by atoms with van der Waals surface area (Å²) in [6, 6.07) is 1.48. The van der Waals surface area contributed by atoms with Crippen LogP contribution in [0.5, 0.6) is 0 Å². The normalized spacial score (nSPS) is 15.2. The SMILES string of the molecule is C/C=C\C(=C/CC)c1c(F)cn2c(=O)c(C(=O)O)cc(C3CC3)c2c1C. The van der Waals surface area contributed by atoms with Crippen molar-refractivity contribution in [1.29, 1.82) is 0 Å². The van der Waals surface area contributed by atoms with Crippen LogP contribution in [0.15, 0.2) is 35.3 Å². The van der Waals surface area contributed by atoms with E-state index < -0.39 is 17.3 Å². The van der Waals surface area contributed by atoms with Gasteiger partial charge in [-0.05, 0) is 61.8 Å². The molecule has 0 saturated heterocycles. The Morgan fingerprint density at radius 1 is 1.42 bits per heavy atom. The summed E-state index contributed by atoms with van der Waals surface area (Å²) in [6.45, 7) is 5.65. The number of aromatic nitrogens is 1. The summed E-state index contributed by atoms with van der Waals surface area (Å²) in [5, 5.41) is 9.35. The zero-order chi connectivity index (χ0) is 19.0. The second-order valence-electron chi connectivity index (χ2n) is 6.66. The lowest BCUT2D eigenvalue weighted by molar-refractivity contribution is 0.0694. The summed E-state index contributed by atoms with van der Waals surface area (Å²) in [5.41, 5.74) is 2.34. The van der Waals surface area contributed by atoms with E-state index in [9.17, 15) is 19.1 Å². The third-order valence-electron chi connectivity index (χ3n) is 4.78. The Labute approximate surface area is 151 Å². The van der Waals surface area contributed by atoms with Crippen molar-refractivity contribution in [3.8, 4) is 0 Å². The molecule has 1 fully saturated rings. The number of halogens is 1. The summed E-state index contributed by atoms with van der Waals surface area (Å²) in [7, 11) is 0. The molecule has 0 bridgehead atoms. The molecule has 0 aromatic carbocycles. The van der Waals surface area contributed by atoms with Gasteiger partial charge >= 0.3 is 5.97 Å². The molecule has 0 amide bonds. The maximum atomic E-state index is 15.0. The van der Waals surface area contributed by atoms with Gasteiger partial charge < -0.3 is 5.11 Å². The monoisotopic (exact) mass is 355 g/mol.